The number of piperidine rings is 1. The lowest BCUT2D eigenvalue weighted by molar-refractivity contribution is -0.146. The van der Waals surface area contributed by atoms with Gasteiger partial charge >= 0.3 is 5.97 Å². The molecule has 39 heavy (non-hydrogen) atoms. The number of carbonyl (C=O) groups excluding carboxylic acids is 1. The van der Waals surface area contributed by atoms with Gasteiger partial charge < -0.3 is 10.1 Å². The number of sulfonamides is 1. The second-order valence-electron chi connectivity index (χ2n) is 10.5. The molecular weight excluding hydrogens is 516 g/mol. The lowest BCUT2D eigenvalue weighted by atomic mass is 9.96. The average molecular weight is 555 g/mol. The van der Waals surface area contributed by atoms with Gasteiger partial charge in [0.05, 0.1) is 29.4 Å². The number of fused-ring (bicyclic) bond motifs is 1. The van der Waals surface area contributed by atoms with Crippen molar-refractivity contribution in [3.8, 4) is 11.3 Å². The molecule has 0 unspecified atom stereocenters. The lowest BCUT2D eigenvalue weighted by Gasteiger charge is -2.29. The van der Waals surface area contributed by atoms with Crippen LogP contribution in [0, 0.1) is 5.92 Å². The summed E-state index contributed by atoms with van der Waals surface area (Å²) < 4.78 is 35.0. The monoisotopic (exact) mass is 554 g/mol. The highest BCUT2D eigenvalue weighted by atomic mass is 32.2. The number of nitrogens with zero attached hydrogens (tertiary/aromatic N) is 5. The highest BCUT2D eigenvalue weighted by Crippen LogP contribution is 2.35. The molecule has 3 heterocycles. The predicted octanol–water partition coefficient (Wildman–Crippen LogP) is 4.78. The molecule has 11 heteroatoms. The van der Waals surface area contributed by atoms with E-state index in [2.05, 4.69) is 21.9 Å². The van der Waals surface area contributed by atoms with Crippen LogP contribution in [0.2, 0.25) is 0 Å². The number of benzene rings is 1. The molecule has 1 aliphatic heterocycles. The highest BCUT2D eigenvalue weighted by Gasteiger charge is 2.32. The van der Waals surface area contributed by atoms with Crippen LogP contribution in [-0.2, 0) is 19.6 Å². The van der Waals surface area contributed by atoms with Crippen molar-refractivity contribution in [2.45, 2.75) is 75.6 Å². The molecule has 1 aliphatic carbocycles. The van der Waals surface area contributed by atoms with Crippen molar-refractivity contribution >= 4 is 33.0 Å². The van der Waals surface area contributed by atoms with E-state index >= 15 is 0 Å². The van der Waals surface area contributed by atoms with E-state index in [1.165, 1.54) is 30.7 Å². The first-order chi connectivity index (χ1) is 18.9. The number of rotatable bonds is 9. The van der Waals surface area contributed by atoms with Crippen molar-refractivity contribution in [2.75, 3.05) is 32.1 Å². The largest absolute Gasteiger partial charge is 0.469 e. The molecule has 210 valence electrons. The van der Waals surface area contributed by atoms with Gasteiger partial charge in [-0.15, -0.1) is 0 Å². The Kier molecular flexibility index (Phi) is 8.46. The molecule has 1 aromatic carbocycles. The van der Waals surface area contributed by atoms with Gasteiger partial charge in [0, 0.05) is 31.4 Å². The van der Waals surface area contributed by atoms with Crippen molar-refractivity contribution < 1.29 is 17.9 Å². The summed E-state index contributed by atoms with van der Waals surface area (Å²) in [4.78, 5) is 21.5. The van der Waals surface area contributed by atoms with E-state index in [0.717, 1.165) is 54.5 Å². The van der Waals surface area contributed by atoms with E-state index in [-0.39, 0.29) is 16.8 Å². The first-order valence-electron chi connectivity index (χ1n) is 14.1. The minimum atomic E-state index is -3.67. The normalized spacial score (nSPS) is 17.9. The first kappa shape index (κ1) is 27.5. The van der Waals surface area contributed by atoms with Crippen LogP contribution in [0.5, 0.6) is 0 Å². The maximum atomic E-state index is 13.3. The topological polar surface area (TPSA) is 119 Å². The van der Waals surface area contributed by atoms with Crippen LogP contribution in [0.4, 0.5) is 5.95 Å². The van der Waals surface area contributed by atoms with E-state index in [0.29, 0.717) is 37.9 Å². The Bertz CT molecular complexity index is 1390. The molecule has 3 aromatic rings. The Morgan fingerprint density at radius 3 is 2.46 bits per heavy atom. The zero-order valence-electron chi connectivity index (χ0n) is 22.8. The summed E-state index contributed by atoms with van der Waals surface area (Å²) in [5.74, 6) is 0.0852. The van der Waals surface area contributed by atoms with Crippen LogP contribution < -0.4 is 5.32 Å². The van der Waals surface area contributed by atoms with Gasteiger partial charge in [-0.2, -0.15) is 14.4 Å². The van der Waals surface area contributed by atoms with E-state index in [9.17, 15) is 13.2 Å². The second kappa shape index (κ2) is 12.0. The van der Waals surface area contributed by atoms with Crippen LogP contribution >= 0.6 is 0 Å². The molecular formula is C28H38N6O4S. The predicted molar refractivity (Wildman–Crippen MR) is 150 cm³/mol. The Balaban J connectivity index is 1.41. The number of methoxy groups -OCH3 is 1. The number of hydrogen-bond acceptors (Lipinski definition) is 8. The molecule has 0 bridgehead atoms. The number of esters is 1. The molecule has 2 fully saturated rings. The zero-order chi connectivity index (χ0) is 27.4. The van der Waals surface area contributed by atoms with Gasteiger partial charge in [0.1, 0.15) is 5.69 Å². The zero-order valence-corrected chi connectivity index (χ0v) is 23.6. The first-order valence-corrected chi connectivity index (χ1v) is 15.5. The van der Waals surface area contributed by atoms with E-state index < -0.39 is 10.0 Å². The van der Waals surface area contributed by atoms with Crippen molar-refractivity contribution in [1.82, 2.24) is 24.1 Å². The summed E-state index contributed by atoms with van der Waals surface area (Å²) in [7, 11) is -2.30. The summed E-state index contributed by atoms with van der Waals surface area (Å²) in [5.41, 5.74) is 2.41. The standard InChI is InChI=1S/C28H38N6O4S/c1-3-4-16-29-28-30-19-24-25(32-34(26(24)31-28)22-8-6-5-7-9-22)20-10-12-23(13-11-20)39(36,37)33-17-14-21(15-18-33)27(35)38-2/h10-13,19,21-22H,3-9,14-18H2,1-2H3,(H,29,30,31). The van der Waals surface area contributed by atoms with Crippen molar-refractivity contribution in [3.63, 3.8) is 0 Å². The Morgan fingerprint density at radius 1 is 1.08 bits per heavy atom. The molecule has 5 rings (SSSR count). The van der Waals surface area contributed by atoms with Gasteiger partial charge in [-0.3, -0.25) is 4.79 Å². The third kappa shape index (κ3) is 5.79. The number of hydrogen-bond donors (Lipinski definition) is 1. The Morgan fingerprint density at radius 2 is 1.79 bits per heavy atom. The number of unbranched alkanes of at least 4 members (excludes halogenated alkanes) is 1. The summed E-state index contributed by atoms with van der Waals surface area (Å²) in [6.45, 7) is 3.57. The quantitative estimate of drug-likeness (QED) is 0.296. The number of aromatic nitrogens is 4. The number of anilines is 1. The van der Waals surface area contributed by atoms with Crippen LogP contribution in [0.15, 0.2) is 35.4 Å². The van der Waals surface area contributed by atoms with E-state index in [1.807, 2.05) is 18.3 Å². The van der Waals surface area contributed by atoms with Crippen molar-refractivity contribution in [3.05, 3.63) is 30.5 Å². The average Bonchev–Trinajstić information content (AvgIpc) is 3.36. The van der Waals surface area contributed by atoms with Gasteiger partial charge in [0.25, 0.3) is 0 Å². The minimum absolute atomic E-state index is 0.234. The SMILES string of the molecule is CCCCNc1ncc2c(-c3ccc(S(=O)(=O)N4CCC(C(=O)OC)CC4)cc3)nn(C3CCCCC3)c2n1. The maximum Gasteiger partial charge on any atom is 0.308 e. The molecule has 0 spiro atoms. The van der Waals surface area contributed by atoms with Crippen LogP contribution in [0.3, 0.4) is 0 Å². The Hall–Kier alpha value is -3.05. The van der Waals surface area contributed by atoms with Gasteiger partial charge in [0.15, 0.2) is 5.65 Å². The molecule has 2 aliphatic rings. The fraction of sp³-hybridized carbons (Fsp3) is 0.571. The number of carbonyl (C=O) groups is 1. The van der Waals surface area contributed by atoms with E-state index in [4.69, 9.17) is 14.8 Å². The maximum absolute atomic E-state index is 13.3. The third-order valence-corrected chi connectivity index (χ3v) is 9.85. The van der Waals surface area contributed by atoms with Crippen molar-refractivity contribution in [2.24, 2.45) is 5.92 Å². The number of nitrogens with one attached hydrogen (secondary N) is 1. The molecule has 0 radical (unpaired) electrons. The van der Waals surface area contributed by atoms with Crippen LogP contribution in [0.25, 0.3) is 22.3 Å². The number of ether oxygens (including phenoxy) is 1. The van der Waals surface area contributed by atoms with E-state index in [1.54, 1.807) is 12.1 Å². The van der Waals surface area contributed by atoms with Gasteiger partial charge in [0.2, 0.25) is 16.0 Å². The van der Waals surface area contributed by atoms with Crippen LogP contribution in [0.1, 0.15) is 70.8 Å². The smallest absolute Gasteiger partial charge is 0.308 e. The van der Waals surface area contributed by atoms with Crippen molar-refractivity contribution in [1.29, 1.82) is 0 Å². The second-order valence-corrected chi connectivity index (χ2v) is 12.5. The molecule has 1 saturated carbocycles. The fourth-order valence-electron chi connectivity index (χ4n) is 5.61. The fourth-order valence-corrected chi connectivity index (χ4v) is 7.08. The highest BCUT2D eigenvalue weighted by molar-refractivity contribution is 7.89. The summed E-state index contributed by atoms with van der Waals surface area (Å²) in [5, 5.41) is 9.21. The van der Waals surface area contributed by atoms with Gasteiger partial charge in [-0.25, -0.2) is 18.1 Å². The summed E-state index contributed by atoms with van der Waals surface area (Å²) >= 11 is 0. The molecule has 10 nitrogen and oxygen atoms in total. The Labute approximate surface area is 230 Å². The molecule has 1 saturated heterocycles. The molecule has 2 aromatic heterocycles. The van der Waals surface area contributed by atoms with Crippen LogP contribution in [-0.4, -0.2) is 65.2 Å². The summed E-state index contributed by atoms with van der Waals surface area (Å²) in [6, 6.07) is 7.21. The third-order valence-electron chi connectivity index (χ3n) is 7.94. The van der Waals surface area contributed by atoms with Gasteiger partial charge in [-0.1, -0.05) is 44.7 Å². The lowest BCUT2D eigenvalue weighted by Crippen LogP contribution is -2.40. The molecule has 1 N–H and O–H groups in total. The van der Waals surface area contributed by atoms with Gasteiger partial charge in [-0.05, 0) is 44.2 Å². The molecule has 0 amide bonds. The summed E-state index contributed by atoms with van der Waals surface area (Å²) in [6.07, 6.45) is 10.6. The minimum Gasteiger partial charge on any atom is -0.469 e. The molecule has 0 atom stereocenters.